The molecule has 11 heteroatoms. The van der Waals surface area contributed by atoms with E-state index in [1.807, 2.05) is 24.3 Å². The van der Waals surface area contributed by atoms with E-state index < -0.39 is 29.7 Å². The summed E-state index contributed by atoms with van der Waals surface area (Å²) in [5.41, 5.74) is 1.35. The van der Waals surface area contributed by atoms with E-state index >= 15 is 0 Å². The second-order valence-electron chi connectivity index (χ2n) is 7.16. The van der Waals surface area contributed by atoms with Crippen molar-refractivity contribution in [2.45, 2.75) is 25.6 Å². The van der Waals surface area contributed by atoms with Gasteiger partial charge in [-0.2, -0.15) is 10.1 Å². The van der Waals surface area contributed by atoms with E-state index in [2.05, 4.69) is 36.4 Å². The van der Waals surface area contributed by atoms with Gasteiger partial charge in [0, 0.05) is 10.0 Å². The van der Waals surface area contributed by atoms with Crippen molar-refractivity contribution in [3.05, 3.63) is 64.2 Å². The summed E-state index contributed by atoms with van der Waals surface area (Å²) in [6.07, 6.45) is 0. The highest BCUT2D eigenvalue weighted by Crippen LogP contribution is 2.33. The van der Waals surface area contributed by atoms with E-state index in [0.29, 0.717) is 11.4 Å². The normalized spacial score (nSPS) is 20.1. The first-order valence-electron chi connectivity index (χ1n) is 9.32. The van der Waals surface area contributed by atoms with Crippen LogP contribution in [0.25, 0.3) is 11.4 Å². The molecule has 0 spiro atoms. The number of carbonyl (C=O) groups is 2. The average Bonchev–Trinajstić information content (AvgIpc) is 3.44. The smallest absolute Gasteiger partial charge is 0.263 e. The topological polar surface area (TPSA) is 104 Å². The highest BCUT2D eigenvalue weighted by molar-refractivity contribution is 9.10. The van der Waals surface area contributed by atoms with Crippen LogP contribution in [0.4, 0.5) is 10.1 Å². The molecule has 0 bridgehead atoms. The van der Waals surface area contributed by atoms with Crippen LogP contribution < -0.4 is 4.90 Å². The molecule has 0 radical (unpaired) electrons. The molecule has 0 saturated carbocycles. The van der Waals surface area contributed by atoms with Gasteiger partial charge in [-0.15, -0.1) is 0 Å². The van der Waals surface area contributed by atoms with Crippen LogP contribution in [-0.2, 0) is 16.1 Å². The van der Waals surface area contributed by atoms with Gasteiger partial charge in [0.05, 0.1) is 5.69 Å². The summed E-state index contributed by atoms with van der Waals surface area (Å²) in [5, 5.41) is 13.2. The Balaban J connectivity index is 1.36. The highest BCUT2D eigenvalue weighted by atomic mass is 79.9. The lowest BCUT2D eigenvalue weighted by Crippen LogP contribution is -2.39. The minimum absolute atomic E-state index is 0.00329. The number of halogens is 2. The third-order valence-corrected chi connectivity index (χ3v) is 5.67. The number of carbonyl (C=O) groups excluding carboxylic acids is 2. The Morgan fingerprint density at radius 3 is 2.65 bits per heavy atom. The second-order valence-corrected chi connectivity index (χ2v) is 8.07. The number of aryl methyl sites for hydroxylation is 1. The van der Waals surface area contributed by atoms with Gasteiger partial charge in [0.2, 0.25) is 11.7 Å². The van der Waals surface area contributed by atoms with E-state index in [1.165, 1.54) is 17.1 Å². The van der Waals surface area contributed by atoms with Crippen LogP contribution in [0.3, 0.4) is 0 Å². The molecular formula is C20H14BrFN6O3. The van der Waals surface area contributed by atoms with Crippen molar-refractivity contribution in [2.75, 3.05) is 4.90 Å². The Hall–Kier alpha value is -3.47. The van der Waals surface area contributed by atoms with Gasteiger partial charge in [0.15, 0.2) is 12.1 Å². The Kier molecular flexibility index (Phi) is 4.62. The van der Waals surface area contributed by atoms with E-state index in [1.54, 1.807) is 6.92 Å². The van der Waals surface area contributed by atoms with Crippen LogP contribution in [0.2, 0.25) is 0 Å². The summed E-state index contributed by atoms with van der Waals surface area (Å²) in [6.45, 7) is 1.60. The maximum atomic E-state index is 14.0. The highest BCUT2D eigenvalue weighted by Gasteiger charge is 2.55. The Bertz CT molecular complexity index is 1230. The average molecular weight is 485 g/mol. The predicted octanol–water partition coefficient (Wildman–Crippen LogP) is 3.44. The monoisotopic (exact) mass is 484 g/mol. The van der Waals surface area contributed by atoms with Gasteiger partial charge in [-0.1, -0.05) is 32.4 Å². The molecule has 0 N–H and O–H groups in total. The minimum Gasteiger partial charge on any atom is -0.337 e. The number of hydrogen-bond donors (Lipinski definition) is 0. The first kappa shape index (κ1) is 19.5. The number of rotatable bonds is 4. The molecule has 1 aromatic heterocycles. The number of amides is 2. The summed E-state index contributed by atoms with van der Waals surface area (Å²) in [5.74, 6) is -0.972. The van der Waals surface area contributed by atoms with Crippen LogP contribution in [0, 0.1) is 12.7 Å². The van der Waals surface area contributed by atoms with Crippen molar-refractivity contribution < 1.29 is 18.5 Å². The second kappa shape index (κ2) is 7.34. The molecule has 0 aliphatic carbocycles. The van der Waals surface area contributed by atoms with Gasteiger partial charge in [-0.3, -0.25) is 14.6 Å². The van der Waals surface area contributed by atoms with Gasteiger partial charge in [-0.25, -0.2) is 9.29 Å². The maximum Gasteiger partial charge on any atom is 0.263 e. The van der Waals surface area contributed by atoms with E-state index in [-0.39, 0.29) is 18.1 Å². The largest absolute Gasteiger partial charge is 0.337 e. The van der Waals surface area contributed by atoms with Crippen molar-refractivity contribution in [2.24, 2.45) is 10.3 Å². The zero-order chi connectivity index (χ0) is 21.7. The lowest BCUT2D eigenvalue weighted by atomic mass is 10.1. The van der Waals surface area contributed by atoms with Gasteiger partial charge >= 0.3 is 0 Å². The molecule has 31 heavy (non-hydrogen) atoms. The molecule has 2 amide bonds. The van der Waals surface area contributed by atoms with Gasteiger partial charge in [-0.05, 0) is 48.9 Å². The fraction of sp³-hybridized carbons (Fsp3) is 0.200. The lowest BCUT2D eigenvalue weighted by Gasteiger charge is -2.19. The molecule has 0 unspecified atom stereocenters. The third kappa shape index (κ3) is 3.30. The number of benzene rings is 2. The fourth-order valence-electron chi connectivity index (χ4n) is 3.50. The molecule has 9 nitrogen and oxygen atoms in total. The number of imide groups is 1. The summed E-state index contributed by atoms with van der Waals surface area (Å²) in [4.78, 5) is 31.0. The molecule has 2 aromatic carbocycles. The van der Waals surface area contributed by atoms with Crippen LogP contribution in [0.5, 0.6) is 0 Å². The number of anilines is 1. The van der Waals surface area contributed by atoms with E-state index in [4.69, 9.17) is 4.52 Å². The molecule has 1 fully saturated rings. The molecule has 5 rings (SSSR count). The zero-order valence-corrected chi connectivity index (χ0v) is 17.7. The lowest BCUT2D eigenvalue weighted by molar-refractivity contribution is -0.123. The molecule has 156 valence electrons. The molecule has 1 saturated heterocycles. The molecule has 3 aromatic rings. The number of hydrogen-bond acceptors (Lipinski definition) is 8. The van der Waals surface area contributed by atoms with Gasteiger partial charge < -0.3 is 4.52 Å². The Morgan fingerprint density at radius 2 is 1.90 bits per heavy atom. The van der Waals surface area contributed by atoms with Crippen molar-refractivity contribution >= 4 is 33.4 Å². The number of nitrogens with zero attached hydrogens (tertiary/aromatic N) is 6. The standard InChI is InChI=1S/C20H14BrFN6O3/c1-10-2-7-13(8-14(10)22)28-19(29)16-17(20(28)30)27(26-24-16)9-15-23-18(25-31-15)11-3-5-12(21)6-4-11/h2-8,16-17H,9H2,1H3/t16-,17-/m0/s1. The van der Waals surface area contributed by atoms with E-state index in [9.17, 15) is 14.0 Å². The van der Waals surface area contributed by atoms with Gasteiger partial charge in [0.25, 0.3) is 11.8 Å². The molecule has 3 heterocycles. The molecular weight excluding hydrogens is 471 g/mol. The third-order valence-electron chi connectivity index (χ3n) is 5.14. The van der Waals surface area contributed by atoms with Crippen molar-refractivity contribution in [3.8, 4) is 11.4 Å². The van der Waals surface area contributed by atoms with Crippen molar-refractivity contribution in [3.63, 3.8) is 0 Å². The molecule has 2 aliphatic rings. The minimum atomic E-state index is -0.995. The Morgan fingerprint density at radius 1 is 1.13 bits per heavy atom. The first-order valence-corrected chi connectivity index (χ1v) is 10.1. The van der Waals surface area contributed by atoms with Crippen LogP contribution in [-0.4, -0.2) is 39.0 Å². The maximum absolute atomic E-state index is 14.0. The summed E-state index contributed by atoms with van der Waals surface area (Å²) in [6, 6.07) is 9.65. The van der Waals surface area contributed by atoms with Gasteiger partial charge in [0.1, 0.15) is 12.4 Å². The Labute approximate surface area is 183 Å². The summed E-state index contributed by atoms with van der Waals surface area (Å²) < 4.78 is 20.2. The van der Waals surface area contributed by atoms with Crippen LogP contribution in [0.15, 0.2) is 61.8 Å². The fourth-order valence-corrected chi connectivity index (χ4v) is 3.77. The molecule has 2 atom stereocenters. The first-order chi connectivity index (χ1) is 14.9. The zero-order valence-electron chi connectivity index (χ0n) is 16.1. The number of fused-ring (bicyclic) bond motifs is 1. The van der Waals surface area contributed by atoms with Crippen LogP contribution in [0.1, 0.15) is 11.5 Å². The van der Waals surface area contributed by atoms with E-state index in [0.717, 1.165) is 21.0 Å². The predicted molar refractivity (Wildman–Crippen MR) is 109 cm³/mol. The quantitative estimate of drug-likeness (QED) is 0.525. The van der Waals surface area contributed by atoms with Crippen LogP contribution >= 0.6 is 15.9 Å². The SMILES string of the molecule is Cc1ccc(N2C(=O)[C@H]3N=NN(Cc4nc(-c5ccc(Br)cc5)no4)[C@@H]3C2=O)cc1F. The number of aromatic nitrogens is 2. The van der Waals surface area contributed by atoms with Crippen molar-refractivity contribution in [1.29, 1.82) is 0 Å². The summed E-state index contributed by atoms with van der Waals surface area (Å²) in [7, 11) is 0. The van der Waals surface area contributed by atoms with Crippen molar-refractivity contribution in [1.82, 2.24) is 15.1 Å². The summed E-state index contributed by atoms with van der Waals surface area (Å²) >= 11 is 3.37. The molecule has 2 aliphatic heterocycles.